The first-order valence-corrected chi connectivity index (χ1v) is 8.22. The number of carbonyl (C=O) groups is 1. The summed E-state index contributed by atoms with van der Waals surface area (Å²) in [6, 6.07) is 18.9. The summed E-state index contributed by atoms with van der Waals surface area (Å²) in [6.07, 6.45) is 0. The van der Waals surface area contributed by atoms with Crippen molar-refractivity contribution in [1.29, 1.82) is 0 Å². The molecule has 0 bridgehead atoms. The Bertz CT molecular complexity index is 1080. The van der Waals surface area contributed by atoms with Gasteiger partial charge in [-0.3, -0.25) is 4.79 Å². The Morgan fingerprint density at radius 1 is 1.00 bits per heavy atom. The molecular formula is C21H16FN3O. The van der Waals surface area contributed by atoms with Gasteiger partial charge in [0, 0.05) is 16.8 Å². The van der Waals surface area contributed by atoms with Crippen LogP contribution >= 0.6 is 0 Å². The molecule has 4 rings (SSSR count). The van der Waals surface area contributed by atoms with E-state index in [1.807, 2.05) is 31.2 Å². The summed E-state index contributed by atoms with van der Waals surface area (Å²) in [5.74, 6) is 0.174. The van der Waals surface area contributed by atoms with Crippen LogP contribution in [0, 0.1) is 12.7 Å². The van der Waals surface area contributed by atoms with Crippen molar-refractivity contribution in [3.8, 4) is 11.4 Å². The Balaban J connectivity index is 1.55. The molecule has 0 spiro atoms. The van der Waals surface area contributed by atoms with Crippen molar-refractivity contribution in [3.05, 3.63) is 83.7 Å². The molecule has 1 amide bonds. The van der Waals surface area contributed by atoms with Crippen LogP contribution in [0.1, 0.15) is 15.9 Å². The van der Waals surface area contributed by atoms with Gasteiger partial charge < -0.3 is 10.3 Å². The standard InChI is InChI=1S/C21H16FN3O/c1-13-2-11-18-19(12-13)25-20(24-18)14-3-5-15(6-4-14)21(26)23-17-9-7-16(22)8-10-17/h2-12H,1H3,(H,23,26)(H,24,25). The minimum atomic E-state index is -0.339. The molecule has 0 aliphatic carbocycles. The van der Waals surface area contributed by atoms with Crippen molar-refractivity contribution in [2.24, 2.45) is 0 Å². The molecular weight excluding hydrogens is 329 g/mol. The smallest absolute Gasteiger partial charge is 0.255 e. The lowest BCUT2D eigenvalue weighted by Crippen LogP contribution is -2.11. The number of hydrogen-bond donors (Lipinski definition) is 2. The lowest BCUT2D eigenvalue weighted by molar-refractivity contribution is 0.102. The number of nitrogens with zero attached hydrogens (tertiary/aromatic N) is 1. The van der Waals surface area contributed by atoms with Crippen LogP contribution in [0.2, 0.25) is 0 Å². The number of aromatic nitrogens is 2. The second kappa shape index (κ2) is 6.44. The second-order valence-corrected chi connectivity index (χ2v) is 6.14. The van der Waals surface area contributed by atoms with Crippen molar-refractivity contribution in [2.75, 3.05) is 5.32 Å². The van der Waals surface area contributed by atoms with Gasteiger partial charge in [-0.2, -0.15) is 0 Å². The minimum Gasteiger partial charge on any atom is -0.338 e. The van der Waals surface area contributed by atoms with E-state index in [1.165, 1.54) is 29.8 Å². The summed E-state index contributed by atoms with van der Waals surface area (Å²) in [5.41, 5.74) is 5.03. The Kier molecular flexibility index (Phi) is 3.97. The van der Waals surface area contributed by atoms with Gasteiger partial charge in [0.15, 0.2) is 0 Å². The summed E-state index contributed by atoms with van der Waals surface area (Å²) in [7, 11) is 0. The number of fused-ring (bicyclic) bond motifs is 1. The molecule has 0 fully saturated rings. The Labute approximate surface area is 149 Å². The van der Waals surface area contributed by atoms with Crippen LogP contribution in [-0.2, 0) is 0 Å². The first kappa shape index (κ1) is 16.0. The molecule has 0 saturated carbocycles. The van der Waals surface area contributed by atoms with E-state index < -0.39 is 0 Å². The second-order valence-electron chi connectivity index (χ2n) is 6.14. The Morgan fingerprint density at radius 2 is 1.73 bits per heavy atom. The fourth-order valence-corrected chi connectivity index (χ4v) is 2.78. The molecule has 3 aromatic carbocycles. The van der Waals surface area contributed by atoms with Gasteiger partial charge >= 0.3 is 0 Å². The SMILES string of the molecule is Cc1ccc2nc(-c3ccc(C(=O)Nc4ccc(F)cc4)cc3)[nH]c2c1. The number of carbonyl (C=O) groups excluding carboxylic acids is 1. The zero-order chi connectivity index (χ0) is 18.1. The molecule has 2 N–H and O–H groups in total. The average molecular weight is 345 g/mol. The predicted molar refractivity (Wildman–Crippen MR) is 101 cm³/mol. The third kappa shape index (κ3) is 3.19. The highest BCUT2D eigenvalue weighted by atomic mass is 19.1. The number of H-pyrrole nitrogens is 1. The zero-order valence-corrected chi connectivity index (χ0v) is 14.1. The van der Waals surface area contributed by atoms with Gasteiger partial charge in [0.2, 0.25) is 0 Å². The summed E-state index contributed by atoms with van der Waals surface area (Å²) in [6.45, 7) is 2.04. The number of rotatable bonds is 3. The average Bonchev–Trinajstić information content (AvgIpc) is 3.07. The third-order valence-electron chi connectivity index (χ3n) is 4.16. The third-order valence-corrected chi connectivity index (χ3v) is 4.16. The number of amides is 1. The van der Waals surface area contributed by atoms with Crippen molar-refractivity contribution in [1.82, 2.24) is 9.97 Å². The Morgan fingerprint density at radius 3 is 2.46 bits per heavy atom. The summed E-state index contributed by atoms with van der Waals surface area (Å²) >= 11 is 0. The van der Waals surface area contributed by atoms with Crippen LogP contribution in [0.4, 0.5) is 10.1 Å². The van der Waals surface area contributed by atoms with E-state index >= 15 is 0 Å². The molecule has 4 nitrogen and oxygen atoms in total. The van der Waals surface area contributed by atoms with E-state index in [1.54, 1.807) is 12.1 Å². The van der Waals surface area contributed by atoms with Crippen molar-refractivity contribution in [3.63, 3.8) is 0 Å². The molecule has 26 heavy (non-hydrogen) atoms. The minimum absolute atomic E-state index is 0.247. The number of nitrogens with one attached hydrogen (secondary N) is 2. The van der Waals surface area contributed by atoms with Crippen LogP contribution in [0.3, 0.4) is 0 Å². The molecule has 1 aromatic heterocycles. The van der Waals surface area contributed by atoms with Crippen LogP contribution in [-0.4, -0.2) is 15.9 Å². The van der Waals surface area contributed by atoms with Crippen LogP contribution in [0.25, 0.3) is 22.4 Å². The number of benzene rings is 3. The summed E-state index contributed by atoms with van der Waals surface area (Å²) < 4.78 is 12.9. The topological polar surface area (TPSA) is 57.8 Å². The summed E-state index contributed by atoms with van der Waals surface area (Å²) in [5, 5.41) is 2.74. The summed E-state index contributed by atoms with van der Waals surface area (Å²) in [4.78, 5) is 20.2. The molecule has 128 valence electrons. The first-order valence-electron chi connectivity index (χ1n) is 8.22. The number of aromatic amines is 1. The van der Waals surface area contributed by atoms with Crippen molar-refractivity contribution < 1.29 is 9.18 Å². The molecule has 0 aliphatic rings. The lowest BCUT2D eigenvalue weighted by Gasteiger charge is -2.05. The van der Waals surface area contributed by atoms with Crippen molar-refractivity contribution in [2.45, 2.75) is 6.92 Å². The van der Waals surface area contributed by atoms with Crippen LogP contribution < -0.4 is 5.32 Å². The lowest BCUT2D eigenvalue weighted by atomic mass is 10.1. The maximum atomic E-state index is 12.9. The van der Waals surface area contributed by atoms with E-state index in [-0.39, 0.29) is 11.7 Å². The van der Waals surface area contributed by atoms with Gasteiger partial charge in [-0.1, -0.05) is 18.2 Å². The fourth-order valence-electron chi connectivity index (χ4n) is 2.78. The molecule has 4 aromatic rings. The van der Waals surface area contributed by atoms with Crippen molar-refractivity contribution >= 4 is 22.6 Å². The van der Waals surface area contributed by atoms with Crippen LogP contribution in [0.5, 0.6) is 0 Å². The molecule has 0 aliphatic heterocycles. The fraction of sp³-hybridized carbons (Fsp3) is 0.0476. The number of imidazole rings is 1. The highest BCUT2D eigenvalue weighted by molar-refractivity contribution is 6.04. The van der Waals surface area contributed by atoms with Gasteiger partial charge in [-0.25, -0.2) is 9.37 Å². The van der Waals surface area contributed by atoms with E-state index in [2.05, 4.69) is 21.4 Å². The molecule has 0 saturated heterocycles. The van der Waals surface area contributed by atoms with Gasteiger partial charge in [0.25, 0.3) is 5.91 Å². The predicted octanol–water partition coefficient (Wildman–Crippen LogP) is 4.93. The van der Waals surface area contributed by atoms with E-state index in [0.29, 0.717) is 11.3 Å². The molecule has 0 atom stereocenters. The molecule has 1 heterocycles. The highest BCUT2D eigenvalue weighted by Crippen LogP contribution is 2.22. The highest BCUT2D eigenvalue weighted by Gasteiger charge is 2.09. The quantitative estimate of drug-likeness (QED) is 0.553. The van der Waals surface area contributed by atoms with E-state index in [4.69, 9.17) is 0 Å². The van der Waals surface area contributed by atoms with E-state index in [9.17, 15) is 9.18 Å². The number of hydrogen-bond acceptors (Lipinski definition) is 2. The number of halogens is 1. The molecule has 0 unspecified atom stereocenters. The maximum absolute atomic E-state index is 12.9. The van der Waals surface area contributed by atoms with Gasteiger partial charge in [-0.05, 0) is 61.0 Å². The molecule has 5 heteroatoms. The Hall–Kier alpha value is -3.47. The van der Waals surface area contributed by atoms with E-state index in [0.717, 1.165) is 22.4 Å². The van der Waals surface area contributed by atoms with Gasteiger partial charge in [0.1, 0.15) is 11.6 Å². The van der Waals surface area contributed by atoms with Gasteiger partial charge in [0.05, 0.1) is 11.0 Å². The van der Waals surface area contributed by atoms with Gasteiger partial charge in [-0.15, -0.1) is 0 Å². The number of anilines is 1. The maximum Gasteiger partial charge on any atom is 0.255 e. The normalized spacial score (nSPS) is 10.8. The molecule has 0 radical (unpaired) electrons. The first-order chi connectivity index (χ1) is 12.6. The monoisotopic (exact) mass is 345 g/mol. The van der Waals surface area contributed by atoms with Crippen LogP contribution in [0.15, 0.2) is 66.7 Å². The number of aryl methyl sites for hydroxylation is 1. The largest absolute Gasteiger partial charge is 0.338 e. The zero-order valence-electron chi connectivity index (χ0n) is 14.1.